The highest BCUT2D eigenvalue weighted by molar-refractivity contribution is 8.13. The molecule has 9 heteroatoms. The van der Waals surface area contributed by atoms with Crippen molar-refractivity contribution >= 4 is 25.4 Å². The van der Waals surface area contributed by atoms with E-state index in [1.165, 1.54) is 12.1 Å². The van der Waals surface area contributed by atoms with Crippen LogP contribution in [-0.2, 0) is 9.05 Å². The maximum atomic E-state index is 11.5. The largest absolute Gasteiger partial charge is 0.491 e. The first kappa shape index (κ1) is 16.0. The van der Waals surface area contributed by atoms with Crippen molar-refractivity contribution in [3.8, 4) is 5.75 Å². The Balaban J connectivity index is 2.12. The van der Waals surface area contributed by atoms with Gasteiger partial charge in [0.1, 0.15) is 17.3 Å². The van der Waals surface area contributed by atoms with Crippen LogP contribution in [0.3, 0.4) is 0 Å². The normalized spacial score (nSPS) is 16.0. The molecule has 1 aliphatic rings. The highest BCUT2D eigenvalue weighted by Crippen LogP contribution is 2.30. The van der Waals surface area contributed by atoms with Crippen molar-refractivity contribution in [1.82, 2.24) is 4.90 Å². The Labute approximate surface area is 127 Å². The van der Waals surface area contributed by atoms with Crippen molar-refractivity contribution in [3.05, 3.63) is 28.3 Å². The zero-order valence-corrected chi connectivity index (χ0v) is 12.8. The molecule has 1 aromatic rings. The summed E-state index contributed by atoms with van der Waals surface area (Å²) in [4.78, 5) is 11.9. The lowest BCUT2D eigenvalue weighted by Crippen LogP contribution is -2.25. The molecular formula is C12H15ClN2O5S. The number of non-ortho nitro benzene ring substituents is 1. The molecule has 0 unspecified atom stereocenters. The SMILES string of the molecule is O=[N+]([O-])c1ccc(OCCN2CCCC2)c(S(=O)(=O)Cl)c1. The molecule has 0 saturated carbocycles. The lowest BCUT2D eigenvalue weighted by atomic mass is 10.3. The second-order valence-corrected chi connectivity index (χ2v) is 7.26. The molecule has 0 radical (unpaired) electrons. The molecule has 1 fully saturated rings. The number of nitro benzene ring substituents is 1. The van der Waals surface area contributed by atoms with Crippen LogP contribution in [0.1, 0.15) is 12.8 Å². The second kappa shape index (κ2) is 6.59. The minimum atomic E-state index is -4.11. The van der Waals surface area contributed by atoms with Crippen LogP contribution in [0.4, 0.5) is 5.69 Å². The summed E-state index contributed by atoms with van der Waals surface area (Å²) in [5.41, 5.74) is -0.346. The first-order valence-corrected chi connectivity index (χ1v) is 8.77. The highest BCUT2D eigenvalue weighted by Gasteiger charge is 2.21. The number of benzene rings is 1. The van der Waals surface area contributed by atoms with Crippen LogP contribution in [0.2, 0.25) is 0 Å². The summed E-state index contributed by atoms with van der Waals surface area (Å²) >= 11 is 0. The minimum Gasteiger partial charge on any atom is -0.491 e. The molecule has 0 aromatic heterocycles. The van der Waals surface area contributed by atoms with E-state index in [1.54, 1.807) is 0 Å². The summed E-state index contributed by atoms with van der Waals surface area (Å²) in [5, 5.41) is 10.7. The zero-order valence-electron chi connectivity index (χ0n) is 11.2. The Hall–Kier alpha value is -1.38. The number of rotatable bonds is 6. The van der Waals surface area contributed by atoms with Gasteiger partial charge in [0, 0.05) is 29.4 Å². The summed E-state index contributed by atoms with van der Waals surface area (Å²) in [5.74, 6) is 0.0368. The molecule has 1 heterocycles. The van der Waals surface area contributed by atoms with Crippen LogP contribution in [0, 0.1) is 10.1 Å². The van der Waals surface area contributed by atoms with E-state index in [9.17, 15) is 18.5 Å². The van der Waals surface area contributed by atoms with Crippen molar-refractivity contribution in [1.29, 1.82) is 0 Å². The fourth-order valence-electron chi connectivity index (χ4n) is 2.21. The Bertz CT molecular complexity index is 629. The number of halogens is 1. The average Bonchev–Trinajstić information content (AvgIpc) is 2.90. The smallest absolute Gasteiger partial charge is 0.271 e. The molecule has 1 aromatic carbocycles. The first-order valence-electron chi connectivity index (χ1n) is 6.46. The van der Waals surface area contributed by atoms with Gasteiger partial charge in [0.25, 0.3) is 14.7 Å². The van der Waals surface area contributed by atoms with Crippen LogP contribution in [0.5, 0.6) is 5.75 Å². The number of likely N-dealkylation sites (tertiary alicyclic amines) is 1. The lowest BCUT2D eigenvalue weighted by molar-refractivity contribution is -0.385. The number of nitro groups is 1. The standard InChI is InChI=1S/C12H15ClN2O5S/c13-21(18,19)12-9-10(15(16)17)3-4-11(12)20-8-7-14-5-1-2-6-14/h3-4,9H,1-2,5-8H2. The summed E-state index contributed by atoms with van der Waals surface area (Å²) < 4.78 is 28.4. The van der Waals surface area contributed by atoms with Gasteiger partial charge in [0.05, 0.1) is 4.92 Å². The van der Waals surface area contributed by atoms with E-state index in [2.05, 4.69) is 4.90 Å². The lowest BCUT2D eigenvalue weighted by Gasteiger charge is -2.15. The minimum absolute atomic E-state index is 0.0368. The third-order valence-corrected chi connectivity index (χ3v) is 4.61. The van der Waals surface area contributed by atoms with Crippen molar-refractivity contribution in [2.75, 3.05) is 26.2 Å². The third-order valence-electron chi connectivity index (χ3n) is 3.26. The predicted molar refractivity (Wildman–Crippen MR) is 77.3 cm³/mol. The molecule has 2 rings (SSSR count). The fraction of sp³-hybridized carbons (Fsp3) is 0.500. The Morgan fingerprint density at radius 2 is 2.00 bits per heavy atom. The zero-order chi connectivity index (χ0) is 15.5. The van der Waals surface area contributed by atoms with Gasteiger partial charge in [-0.1, -0.05) is 0 Å². The molecule has 0 N–H and O–H groups in total. The summed E-state index contributed by atoms with van der Waals surface area (Å²) in [6.45, 7) is 2.99. The van der Waals surface area contributed by atoms with E-state index >= 15 is 0 Å². The molecule has 7 nitrogen and oxygen atoms in total. The van der Waals surface area contributed by atoms with Gasteiger partial charge in [-0.15, -0.1) is 0 Å². The van der Waals surface area contributed by atoms with Crippen molar-refractivity contribution < 1.29 is 18.1 Å². The monoisotopic (exact) mass is 334 g/mol. The Kier molecular flexibility index (Phi) is 5.02. The molecule has 21 heavy (non-hydrogen) atoms. The summed E-state index contributed by atoms with van der Waals surface area (Å²) in [6, 6.07) is 3.36. The number of ether oxygens (including phenoxy) is 1. The fourth-order valence-corrected chi connectivity index (χ4v) is 3.20. The van der Waals surface area contributed by atoms with Crippen LogP contribution < -0.4 is 4.74 Å². The number of nitrogens with zero attached hydrogens (tertiary/aromatic N) is 2. The van der Waals surface area contributed by atoms with Gasteiger partial charge in [0.2, 0.25) is 0 Å². The van der Waals surface area contributed by atoms with Crippen LogP contribution in [0.15, 0.2) is 23.1 Å². The van der Waals surface area contributed by atoms with E-state index in [1.807, 2.05) is 0 Å². The molecule has 0 atom stereocenters. The Morgan fingerprint density at radius 3 is 2.57 bits per heavy atom. The van der Waals surface area contributed by atoms with Gasteiger partial charge >= 0.3 is 0 Å². The highest BCUT2D eigenvalue weighted by atomic mass is 35.7. The molecule has 0 bridgehead atoms. The molecule has 116 valence electrons. The quantitative estimate of drug-likeness (QED) is 0.449. The first-order chi connectivity index (χ1) is 9.88. The molecule has 1 saturated heterocycles. The maximum absolute atomic E-state index is 11.5. The van der Waals surface area contributed by atoms with Gasteiger partial charge in [-0.05, 0) is 32.0 Å². The van der Waals surface area contributed by atoms with Gasteiger partial charge in [-0.3, -0.25) is 15.0 Å². The van der Waals surface area contributed by atoms with E-state index < -0.39 is 14.0 Å². The van der Waals surface area contributed by atoms with E-state index in [4.69, 9.17) is 15.4 Å². The maximum Gasteiger partial charge on any atom is 0.271 e. The Morgan fingerprint density at radius 1 is 1.33 bits per heavy atom. The third kappa shape index (κ3) is 4.29. The second-order valence-electron chi connectivity index (χ2n) is 4.72. The van der Waals surface area contributed by atoms with Gasteiger partial charge in [0.15, 0.2) is 0 Å². The van der Waals surface area contributed by atoms with Crippen LogP contribution >= 0.6 is 10.7 Å². The molecule has 0 spiro atoms. The van der Waals surface area contributed by atoms with Crippen molar-refractivity contribution in [3.63, 3.8) is 0 Å². The number of hydrogen-bond acceptors (Lipinski definition) is 6. The molecular weight excluding hydrogens is 320 g/mol. The molecule has 0 amide bonds. The van der Waals surface area contributed by atoms with Crippen LogP contribution in [0.25, 0.3) is 0 Å². The van der Waals surface area contributed by atoms with Gasteiger partial charge in [-0.25, -0.2) is 8.42 Å². The summed E-state index contributed by atoms with van der Waals surface area (Å²) in [6.07, 6.45) is 2.30. The predicted octanol–water partition coefficient (Wildman–Crippen LogP) is 2.00. The van der Waals surface area contributed by atoms with E-state index in [-0.39, 0.29) is 16.3 Å². The van der Waals surface area contributed by atoms with Crippen molar-refractivity contribution in [2.24, 2.45) is 0 Å². The van der Waals surface area contributed by atoms with Crippen LogP contribution in [-0.4, -0.2) is 44.5 Å². The van der Waals surface area contributed by atoms with Gasteiger partial charge in [-0.2, -0.15) is 0 Å². The number of hydrogen-bond donors (Lipinski definition) is 0. The van der Waals surface area contributed by atoms with Gasteiger partial charge < -0.3 is 4.74 Å². The van der Waals surface area contributed by atoms with Crippen molar-refractivity contribution in [2.45, 2.75) is 17.7 Å². The topological polar surface area (TPSA) is 89.8 Å². The van der Waals surface area contributed by atoms with E-state index in [0.29, 0.717) is 13.2 Å². The molecule has 1 aliphatic heterocycles. The molecule has 0 aliphatic carbocycles. The van der Waals surface area contributed by atoms with E-state index in [0.717, 1.165) is 32.0 Å². The average molecular weight is 335 g/mol. The summed E-state index contributed by atoms with van der Waals surface area (Å²) in [7, 11) is 1.20.